The van der Waals surface area contributed by atoms with Gasteiger partial charge in [0.05, 0.1) is 44.7 Å². The van der Waals surface area contributed by atoms with E-state index in [1.165, 1.54) is 10.8 Å². The number of anilines is 2. The molecule has 12 aromatic rings. The summed E-state index contributed by atoms with van der Waals surface area (Å²) in [6, 6.07) is 68.3. The summed E-state index contributed by atoms with van der Waals surface area (Å²) in [5.74, 6) is 1.95. The molecule has 0 radical (unpaired) electrons. The first-order valence-corrected chi connectivity index (χ1v) is 22.5. The Morgan fingerprint density at radius 3 is 1.61 bits per heavy atom. The van der Waals surface area contributed by atoms with Crippen molar-refractivity contribution in [3.05, 3.63) is 230 Å². The van der Waals surface area contributed by atoms with Crippen LogP contribution in [0.3, 0.4) is 0 Å². The van der Waals surface area contributed by atoms with Crippen LogP contribution < -0.4 is 4.90 Å². The lowest BCUT2D eigenvalue weighted by molar-refractivity contribution is 0.993. The molecule has 4 aromatic heterocycles. The summed E-state index contributed by atoms with van der Waals surface area (Å²) in [5, 5.41) is 16.9. The van der Waals surface area contributed by atoms with Crippen molar-refractivity contribution in [2.45, 2.75) is 0 Å². The van der Waals surface area contributed by atoms with Gasteiger partial charge in [-0.3, -0.25) is 9.13 Å². The predicted octanol–water partition coefficient (Wildman–Crippen LogP) is 14.6. The van der Waals surface area contributed by atoms with Crippen molar-refractivity contribution in [3.8, 4) is 34.8 Å². The van der Waals surface area contributed by atoms with Gasteiger partial charge in [0.2, 0.25) is 0 Å². The van der Waals surface area contributed by atoms with E-state index in [0.717, 1.165) is 94.2 Å². The van der Waals surface area contributed by atoms with Crippen molar-refractivity contribution in [1.29, 1.82) is 5.26 Å². The second-order valence-corrected chi connectivity index (χ2v) is 17.0. The van der Waals surface area contributed by atoms with E-state index in [1.807, 2.05) is 24.3 Å². The van der Waals surface area contributed by atoms with Crippen molar-refractivity contribution in [1.82, 2.24) is 23.7 Å². The predicted molar refractivity (Wildman–Crippen MR) is 276 cm³/mol. The molecule has 0 saturated carbocycles. The Morgan fingerprint density at radius 1 is 0.463 bits per heavy atom. The van der Waals surface area contributed by atoms with Crippen LogP contribution in [-0.2, 0) is 0 Å². The van der Waals surface area contributed by atoms with Crippen LogP contribution in [0.1, 0.15) is 11.1 Å². The van der Waals surface area contributed by atoms with Crippen molar-refractivity contribution in [2.24, 2.45) is 0 Å². The van der Waals surface area contributed by atoms with E-state index in [2.05, 4.69) is 219 Å². The number of rotatable bonds is 5. The maximum atomic E-state index is 10.0. The lowest BCUT2D eigenvalue weighted by Gasteiger charge is -2.26. The number of benzene rings is 8. The molecule has 67 heavy (non-hydrogen) atoms. The zero-order valence-corrected chi connectivity index (χ0v) is 36.3. The summed E-state index contributed by atoms with van der Waals surface area (Å²) in [5.41, 5.74) is 13.0. The third-order valence-electron chi connectivity index (χ3n) is 13.2. The Hall–Kier alpha value is -9.25. The fourth-order valence-electron chi connectivity index (χ4n) is 10.3. The first-order valence-electron chi connectivity index (χ1n) is 22.5. The quantitative estimate of drug-likeness (QED) is 0.173. The molecule has 0 amide bonds. The zero-order chi connectivity index (χ0) is 44.6. The second kappa shape index (κ2) is 15.2. The first kappa shape index (κ1) is 38.2. The number of allylic oxidation sites excluding steroid dienone is 4. The molecule has 7 heteroatoms. The number of hydrogen-bond acceptors (Lipinski definition) is 4. The summed E-state index contributed by atoms with van der Waals surface area (Å²) in [6.45, 7) is 5.10. The summed E-state index contributed by atoms with van der Waals surface area (Å²) in [6.07, 6.45) is 8.40. The average molecular weight is 858 g/mol. The van der Waals surface area contributed by atoms with Gasteiger partial charge in [0.25, 0.3) is 0 Å². The highest BCUT2D eigenvalue weighted by Crippen LogP contribution is 2.41. The van der Waals surface area contributed by atoms with Crippen molar-refractivity contribution >= 4 is 82.4 Å². The van der Waals surface area contributed by atoms with Crippen LogP contribution in [0.2, 0.25) is 0 Å². The van der Waals surface area contributed by atoms with Gasteiger partial charge in [-0.2, -0.15) is 5.26 Å². The first-order chi connectivity index (χ1) is 33.1. The molecule has 0 aliphatic carbocycles. The van der Waals surface area contributed by atoms with E-state index in [-0.39, 0.29) is 0 Å². The van der Waals surface area contributed by atoms with Gasteiger partial charge in [-0.1, -0.05) is 134 Å². The van der Waals surface area contributed by atoms with Crippen molar-refractivity contribution < 1.29 is 0 Å². The number of nitriles is 1. The van der Waals surface area contributed by atoms with E-state index in [0.29, 0.717) is 23.8 Å². The number of aromatic nitrogens is 5. The van der Waals surface area contributed by atoms with Crippen LogP contribution in [0.4, 0.5) is 11.4 Å². The number of nitrogens with zero attached hydrogens (tertiary/aromatic N) is 7. The number of hydrogen-bond donors (Lipinski definition) is 0. The SMILES string of the molecule is C=C1/C=C\C=C/CN(c2ccc3c(c2)c2ccccc2n3-c2cc(-n3c4ccccc4c4cc(-n5c6ccccc6c6ccccc65)ccc43)nc(-c3cccc(C#N)c3)n2)c2ccccc21. The molecular formula is C60H39N7. The highest BCUT2D eigenvalue weighted by atomic mass is 15.2. The summed E-state index contributed by atoms with van der Waals surface area (Å²) >= 11 is 0. The third-order valence-corrected chi connectivity index (χ3v) is 13.2. The standard InChI is InChI=1S/C60H39N7/c1-39-16-3-2-14-33-64(51-24-9-4-19-44(39)51)42-29-31-56-49(35-42)47-22-7-12-27-54(47)66(56)58-37-59(63-60(62-58)41-18-15-17-40(34-41)38-61)67-55-28-13-8-23-48(55)50-36-43(30-32-57(50)67)65-52-25-10-5-20-45(52)46-21-6-11-26-53(46)65/h2-32,34-37H,1,33H2/b14-2-,16-3-. The van der Waals surface area contributed by atoms with Crippen LogP contribution >= 0.6 is 0 Å². The highest BCUT2D eigenvalue weighted by molar-refractivity contribution is 6.13. The van der Waals surface area contributed by atoms with Gasteiger partial charge in [-0.05, 0) is 84.4 Å². The minimum Gasteiger partial charge on any atom is -0.337 e. The van der Waals surface area contributed by atoms with Gasteiger partial charge < -0.3 is 9.47 Å². The van der Waals surface area contributed by atoms with Gasteiger partial charge in [0.1, 0.15) is 11.6 Å². The molecule has 8 aromatic carbocycles. The Bertz CT molecular complexity index is 4080. The van der Waals surface area contributed by atoms with Gasteiger partial charge in [-0.25, -0.2) is 9.97 Å². The van der Waals surface area contributed by atoms with Gasteiger partial charge in [0, 0.05) is 73.1 Å². The third kappa shape index (κ3) is 6.05. The van der Waals surface area contributed by atoms with E-state index < -0.39 is 0 Å². The topological polar surface area (TPSA) is 67.6 Å². The molecule has 1 aliphatic rings. The monoisotopic (exact) mass is 857 g/mol. The maximum absolute atomic E-state index is 10.0. The van der Waals surface area contributed by atoms with E-state index in [4.69, 9.17) is 9.97 Å². The van der Waals surface area contributed by atoms with Crippen LogP contribution in [-0.4, -0.2) is 30.2 Å². The lowest BCUT2D eigenvalue weighted by atomic mass is 10.0. The molecule has 314 valence electrons. The number of para-hydroxylation sites is 5. The Morgan fingerprint density at radius 2 is 0.985 bits per heavy atom. The average Bonchev–Trinajstić information content (AvgIpc) is 4.04. The second-order valence-electron chi connectivity index (χ2n) is 17.0. The molecule has 0 unspecified atom stereocenters. The van der Waals surface area contributed by atoms with Crippen molar-refractivity contribution in [2.75, 3.05) is 11.4 Å². The molecular weight excluding hydrogens is 819 g/mol. The Kier molecular flexibility index (Phi) is 8.67. The maximum Gasteiger partial charge on any atom is 0.163 e. The fourth-order valence-corrected chi connectivity index (χ4v) is 10.3. The molecule has 7 nitrogen and oxygen atoms in total. The zero-order valence-electron chi connectivity index (χ0n) is 36.3. The molecule has 0 atom stereocenters. The molecule has 0 N–H and O–H groups in total. The summed E-state index contributed by atoms with van der Waals surface area (Å²) in [4.78, 5) is 13.1. The molecule has 0 saturated heterocycles. The summed E-state index contributed by atoms with van der Waals surface area (Å²) < 4.78 is 6.88. The van der Waals surface area contributed by atoms with Crippen LogP contribution in [0.15, 0.2) is 219 Å². The summed E-state index contributed by atoms with van der Waals surface area (Å²) in [7, 11) is 0. The fraction of sp³-hybridized carbons (Fsp3) is 0.0167. The van der Waals surface area contributed by atoms with Crippen LogP contribution in [0.5, 0.6) is 0 Å². The lowest BCUT2D eigenvalue weighted by Crippen LogP contribution is -2.18. The highest BCUT2D eigenvalue weighted by Gasteiger charge is 2.22. The Labute approximate surface area is 386 Å². The van der Waals surface area contributed by atoms with Crippen LogP contribution in [0, 0.1) is 11.3 Å². The largest absolute Gasteiger partial charge is 0.337 e. The normalized spacial score (nSPS) is 13.8. The van der Waals surface area contributed by atoms with Gasteiger partial charge >= 0.3 is 0 Å². The van der Waals surface area contributed by atoms with Gasteiger partial charge in [0.15, 0.2) is 5.82 Å². The molecule has 0 fully saturated rings. The molecule has 0 spiro atoms. The molecule has 5 heterocycles. The van der Waals surface area contributed by atoms with Crippen molar-refractivity contribution in [3.63, 3.8) is 0 Å². The minimum absolute atomic E-state index is 0.522. The molecule has 1 aliphatic heterocycles. The smallest absolute Gasteiger partial charge is 0.163 e. The van der Waals surface area contributed by atoms with E-state index in [1.54, 1.807) is 0 Å². The van der Waals surface area contributed by atoms with Gasteiger partial charge in [-0.15, -0.1) is 0 Å². The molecule has 13 rings (SSSR count). The van der Waals surface area contributed by atoms with E-state index in [9.17, 15) is 5.26 Å². The Balaban J connectivity index is 1.04. The van der Waals surface area contributed by atoms with Crippen LogP contribution in [0.25, 0.3) is 99.7 Å². The van der Waals surface area contributed by atoms with E-state index >= 15 is 0 Å². The molecule has 0 bridgehead atoms. The number of fused-ring (bicyclic) bond motifs is 10. The minimum atomic E-state index is 0.522.